The Kier molecular flexibility index (Phi) is 5.63. The number of carbonyl (C=O) groups is 1. The van der Waals surface area contributed by atoms with Crippen LogP contribution in [0, 0.1) is 5.92 Å². The largest absolute Gasteiger partial charge is 0.508 e. The third-order valence-electron chi connectivity index (χ3n) is 5.50. The molecule has 0 amide bonds. The Bertz CT molecular complexity index is 917. The van der Waals surface area contributed by atoms with Crippen LogP contribution in [0.1, 0.15) is 31.0 Å². The molecule has 1 saturated heterocycles. The van der Waals surface area contributed by atoms with Crippen LogP contribution in [-0.4, -0.2) is 34.9 Å². The van der Waals surface area contributed by atoms with Crippen LogP contribution in [-0.2, 0) is 9.53 Å². The molecular weight excluding hydrogens is 434 g/mol. The normalized spacial score (nSPS) is 26.7. The van der Waals surface area contributed by atoms with Crippen molar-refractivity contribution in [3.8, 4) is 5.75 Å². The average Bonchev–Trinajstić information content (AvgIpc) is 3.05. The van der Waals surface area contributed by atoms with Gasteiger partial charge < -0.3 is 15.3 Å². The minimum atomic E-state index is -0.459. The Morgan fingerprint density at radius 3 is 2.52 bits per heavy atom. The fourth-order valence-electron chi connectivity index (χ4n) is 4.10. The van der Waals surface area contributed by atoms with Gasteiger partial charge in [0.2, 0.25) is 0 Å². The zero-order valence-electron chi connectivity index (χ0n) is 16.3. The lowest BCUT2D eigenvalue weighted by Crippen LogP contribution is -2.63. The highest BCUT2D eigenvalue weighted by Crippen LogP contribution is 2.43. The minimum absolute atomic E-state index is 0.0715. The summed E-state index contributed by atoms with van der Waals surface area (Å²) >= 11 is 3.75. The van der Waals surface area contributed by atoms with Gasteiger partial charge >= 0.3 is 5.97 Å². The predicted molar refractivity (Wildman–Crippen MR) is 115 cm³/mol. The van der Waals surface area contributed by atoms with E-state index < -0.39 is 6.04 Å². The lowest BCUT2D eigenvalue weighted by atomic mass is 9.85. The maximum Gasteiger partial charge on any atom is 0.323 e. The van der Waals surface area contributed by atoms with Gasteiger partial charge in [0.05, 0.1) is 22.8 Å². The number of hydrogen-bond donors (Lipinski definition) is 3. The molecule has 2 heterocycles. The maximum atomic E-state index is 12.7. The molecule has 2 aliphatic heterocycles. The number of hydrazine groups is 1. The smallest absolute Gasteiger partial charge is 0.323 e. The third-order valence-corrected chi connectivity index (χ3v) is 6.33. The maximum absolute atomic E-state index is 12.7. The van der Waals surface area contributed by atoms with Crippen LogP contribution < -0.4 is 10.7 Å². The van der Waals surface area contributed by atoms with Crippen molar-refractivity contribution in [1.29, 1.82) is 0 Å². The molecule has 0 spiro atoms. The van der Waals surface area contributed by atoms with Crippen LogP contribution >= 0.6 is 15.9 Å². The van der Waals surface area contributed by atoms with Crippen molar-refractivity contribution in [2.45, 2.75) is 32.1 Å². The topological polar surface area (TPSA) is 73.8 Å². The van der Waals surface area contributed by atoms with Crippen LogP contribution in [0.3, 0.4) is 0 Å². The number of halogens is 1. The first-order valence-corrected chi connectivity index (χ1v) is 10.5. The molecule has 0 bridgehead atoms. The lowest BCUT2D eigenvalue weighted by Gasteiger charge is -2.46. The van der Waals surface area contributed by atoms with E-state index in [1.54, 1.807) is 12.1 Å². The summed E-state index contributed by atoms with van der Waals surface area (Å²) in [4.78, 5) is 12.7. The summed E-state index contributed by atoms with van der Waals surface area (Å²) in [5.41, 5.74) is 6.56. The molecule has 152 valence electrons. The van der Waals surface area contributed by atoms with Gasteiger partial charge in [-0.05, 0) is 30.2 Å². The number of rotatable bonds is 4. The van der Waals surface area contributed by atoms with Crippen LogP contribution in [0.15, 0.2) is 59.1 Å². The Labute approximate surface area is 178 Å². The van der Waals surface area contributed by atoms with Gasteiger partial charge in [-0.3, -0.25) is 10.1 Å². The van der Waals surface area contributed by atoms with Gasteiger partial charge in [-0.25, -0.2) is 0 Å². The number of nitrogens with zero attached hydrogens (tertiary/aromatic N) is 1. The van der Waals surface area contributed by atoms with E-state index in [4.69, 9.17) is 4.74 Å². The monoisotopic (exact) mass is 457 g/mol. The Balaban J connectivity index is 1.74. The third kappa shape index (κ3) is 3.66. The van der Waals surface area contributed by atoms with E-state index in [2.05, 4.69) is 31.7 Å². The van der Waals surface area contributed by atoms with E-state index in [0.29, 0.717) is 6.61 Å². The van der Waals surface area contributed by atoms with E-state index in [1.807, 2.05) is 56.3 Å². The van der Waals surface area contributed by atoms with Gasteiger partial charge in [0.1, 0.15) is 18.0 Å². The van der Waals surface area contributed by atoms with E-state index in [0.717, 1.165) is 21.3 Å². The molecule has 0 aromatic heterocycles. The standard InChI is InChI=1S/C22H24BrN3O3/c1-3-29-22(28)18-13(2)20(15-9-11-16(27)12-10-15)26-21(24-18)17(23)19(25-26)14-7-5-4-6-8-14/h4-13,18,20-21,24-25,27H,3H2,1-2H3. The van der Waals surface area contributed by atoms with Crippen molar-refractivity contribution in [2.75, 3.05) is 6.61 Å². The molecule has 0 radical (unpaired) electrons. The molecule has 2 aromatic rings. The van der Waals surface area contributed by atoms with E-state index in [1.165, 1.54) is 0 Å². The molecule has 7 heteroatoms. The predicted octanol–water partition coefficient (Wildman–Crippen LogP) is 3.51. The van der Waals surface area contributed by atoms with Crippen molar-refractivity contribution in [3.05, 3.63) is 70.2 Å². The molecule has 6 nitrogen and oxygen atoms in total. The second-order valence-electron chi connectivity index (χ2n) is 7.30. The number of fused-ring (bicyclic) bond motifs is 1. The zero-order valence-corrected chi connectivity index (χ0v) is 17.9. The van der Waals surface area contributed by atoms with Crippen molar-refractivity contribution in [3.63, 3.8) is 0 Å². The SMILES string of the molecule is CCOC(=O)C1NC2C(Br)=C(c3ccccc3)NN2C(c2ccc(O)cc2)C1C. The summed E-state index contributed by atoms with van der Waals surface area (Å²) in [7, 11) is 0. The van der Waals surface area contributed by atoms with Gasteiger partial charge in [0.25, 0.3) is 0 Å². The summed E-state index contributed by atoms with van der Waals surface area (Å²) in [5.74, 6) is -0.109. The average molecular weight is 458 g/mol. The van der Waals surface area contributed by atoms with Gasteiger partial charge in [0.15, 0.2) is 0 Å². The van der Waals surface area contributed by atoms with Crippen LogP contribution in [0.2, 0.25) is 0 Å². The number of ether oxygens (including phenoxy) is 1. The number of nitrogens with one attached hydrogen (secondary N) is 2. The zero-order chi connectivity index (χ0) is 20.5. The highest BCUT2D eigenvalue weighted by Gasteiger charge is 2.49. The molecule has 3 N–H and O–H groups in total. The molecule has 4 unspecified atom stereocenters. The second kappa shape index (κ2) is 8.18. The first-order valence-electron chi connectivity index (χ1n) is 9.73. The lowest BCUT2D eigenvalue weighted by molar-refractivity contribution is -0.151. The summed E-state index contributed by atoms with van der Waals surface area (Å²) < 4.78 is 6.28. The Hall–Kier alpha value is -2.35. The first-order chi connectivity index (χ1) is 14.0. The quantitative estimate of drug-likeness (QED) is 0.610. The van der Waals surface area contributed by atoms with Crippen LogP contribution in [0.4, 0.5) is 0 Å². The van der Waals surface area contributed by atoms with E-state index >= 15 is 0 Å². The van der Waals surface area contributed by atoms with Gasteiger partial charge in [-0.1, -0.05) is 65.3 Å². The van der Waals surface area contributed by atoms with E-state index in [-0.39, 0.29) is 29.8 Å². The van der Waals surface area contributed by atoms with Gasteiger partial charge in [0, 0.05) is 5.92 Å². The molecule has 0 saturated carbocycles. The van der Waals surface area contributed by atoms with Gasteiger partial charge in [-0.2, -0.15) is 5.01 Å². The molecule has 1 fully saturated rings. The van der Waals surface area contributed by atoms with Crippen molar-refractivity contribution < 1.29 is 14.6 Å². The second-order valence-corrected chi connectivity index (χ2v) is 8.16. The number of carbonyl (C=O) groups excluding carboxylic acids is 1. The van der Waals surface area contributed by atoms with Crippen LogP contribution in [0.25, 0.3) is 5.70 Å². The summed E-state index contributed by atoms with van der Waals surface area (Å²) in [6.07, 6.45) is -0.227. The highest BCUT2D eigenvalue weighted by molar-refractivity contribution is 9.11. The number of benzene rings is 2. The molecule has 2 aromatic carbocycles. The number of esters is 1. The van der Waals surface area contributed by atoms with Crippen molar-refractivity contribution >= 4 is 27.6 Å². The number of phenolic OH excluding ortho intramolecular Hbond substituents is 1. The summed E-state index contributed by atoms with van der Waals surface area (Å²) in [5, 5.41) is 15.3. The fraction of sp³-hybridized carbons (Fsp3) is 0.318. The molecule has 4 atom stereocenters. The molecular formula is C22H24BrN3O3. The number of aromatic hydroxyl groups is 1. The molecule has 0 aliphatic carbocycles. The Morgan fingerprint density at radius 2 is 1.86 bits per heavy atom. The summed E-state index contributed by atoms with van der Waals surface area (Å²) in [6.45, 7) is 4.19. The highest BCUT2D eigenvalue weighted by atomic mass is 79.9. The molecule has 29 heavy (non-hydrogen) atoms. The number of hydrogen-bond acceptors (Lipinski definition) is 6. The van der Waals surface area contributed by atoms with Gasteiger partial charge in [-0.15, -0.1) is 0 Å². The fourth-order valence-corrected chi connectivity index (χ4v) is 4.77. The van der Waals surface area contributed by atoms with Crippen molar-refractivity contribution in [1.82, 2.24) is 15.8 Å². The Morgan fingerprint density at radius 1 is 1.17 bits per heavy atom. The molecule has 2 aliphatic rings. The summed E-state index contributed by atoms with van der Waals surface area (Å²) in [6, 6.07) is 16.7. The van der Waals surface area contributed by atoms with Crippen LogP contribution in [0.5, 0.6) is 5.75 Å². The van der Waals surface area contributed by atoms with Crippen molar-refractivity contribution in [2.24, 2.45) is 5.92 Å². The molecule has 4 rings (SSSR count). The minimum Gasteiger partial charge on any atom is -0.508 e. The number of phenols is 1. The van der Waals surface area contributed by atoms with E-state index in [9.17, 15) is 9.90 Å². The first kappa shape index (κ1) is 19.9.